The van der Waals surface area contributed by atoms with Crippen LogP contribution >= 0.6 is 0 Å². The Balaban J connectivity index is 1.45. The molecule has 0 saturated carbocycles. The highest BCUT2D eigenvalue weighted by atomic mass is 16.4. The number of amides is 4. The van der Waals surface area contributed by atoms with Gasteiger partial charge in [-0.25, -0.2) is 0 Å². The summed E-state index contributed by atoms with van der Waals surface area (Å²) in [6.45, 7) is 5.28. The molecule has 0 spiro atoms. The number of aliphatic carboxylic acids is 1. The van der Waals surface area contributed by atoms with E-state index in [1.54, 1.807) is 4.90 Å². The summed E-state index contributed by atoms with van der Waals surface area (Å²) >= 11 is 0. The molecule has 5 atom stereocenters. The monoisotopic (exact) mass is 735 g/mol. The van der Waals surface area contributed by atoms with E-state index in [-0.39, 0.29) is 43.7 Å². The molecule has 290 valence electrons. The van der Waals surface area contributed by atoms with Gasteiger partial charge in [-0.3, -0.25) is 34.2 Å². The number of likely N-dealkylation sites (tertiary alicyclic amines) is 2. The summed E-state index contributed by atoms with van der Waals surface area (Å²) in [7, 11) is 0. The molecule has 2 aromatic carbocycles. The van der Waals surface area contributed by atoms with Crippen molar-refractivity contribution in [3.05, 3.63) is 71.8 Å². The Labute approximate surface area is 311 Å². The molecular formula is C38H57N9O6. The summed E-state index contributed by atoms with van der Waals surface area (Å²) in [4.78, 5) is 70.5. The van der Waals surface area contributed by atoms with Crippen molar-refractivity contribution >= 4 is 29.6 Å². The van der Waals surface area contributed by atoms with Crippen LogP contribution in [0, 0.1) is 5.92 Å². The van der Waals surface area contributed by atoms with E-state index in [9.17, 15) is 29.1 Å². The molecule has 11 N–H and O–H groups in total. The number of carbonyl (C=O) groups is 5. The number of nitrogens with two attached hydrogens (primary N) is 3. The van der Waals surface area contributed by atoms with Crippen LogP contribution in [0.3, 0.4) is 0 Å². The van der Waals surface area contributed by atoms with Gasteiger partial charge in [0.15, 0.2) is 0 Å². The van der Waals surface area contributed by atoms with Gasteiger partial charge in [0.25, 0.3) is 0 Å². The van der Waals surface area contributed by atoms with Crippen LogP contribution in [0.15, 0.2) is 60.7 Å². The van der Waals surface area contributed by atoms with Gasteiger partial charge in [-0.05, 0) is 62.1 Å². The molecule has 0 aromatic heterocycles. The van der Waals surface area contributed by atoms with Crippen LogP contribution < -0.4 is 38.5 Å². The highest BCUT2D eigenvalue weighted by Gasteiger charge is 2.39. The molecule has 0 aliphatic carbocycles. The number of carboxylic acid groups (broad SMARTS) is 1. The number of hydrogen-bond acceptors (Lipinski definition) is 10. The fourth-order valence-corrected chi connectivity index (χ4v) is 7.13. The number of nitrogens with zero attached hydrogens (tertiary/aromatic N) is 2. The van der Waals surface area contributed by atoms with Gasteiger partial charge < -0.3 is 43.2 Å². The van der Waals surface area contributed by atoms with Gasteiger partial charge in [0, 0.05) is 32.1 Å². The van der Waals surface area contributed by atoms with Crippen LogP contribution in [0.2, 0.25) is 0 Å². The van der Waals surface area contributed by atoms with Crippen molar-refractivity contribution in [1.29, 1.82) is 0 Å². The first kappa shape index (κ1) is 41.3. The molecule has 2 saturated heterocycles. The third-order valence-electron chi connectivity index (χ3n) is 9.89. The molecule has 4 rings (SSSR count). The molecule has 0 unspecified atom stereocenters. The Morgan fingerprint density at radius 3 is 1.85 bits per heavy atom. The number of hydrogen-bond donors (Lipinski definition) is 8. The first-order chi connectivity index (χ1) is 25.3. The van der Waals surface area contributed by atoms with Crippen LogP contribution in [-0.4, -0.2) is 113 Å². The van der Waals surface area contributed by atoms with Crippen molar-refractivity contribution in [2.45, 2.75) is 101 Å². The second-order valence-corrected chi connectivity index (χ2v) is 14.5. The van der Waals surface area contributed by atoms with Crippen LogP contribution in [-0.2, 0) is 36.8 Å². The van der Waals surface area contributed by atoms with Crippen molar-refractivity contribution in [2.24, 2.45) is 23.1 Å². The molecule has 15 heteroatoms. The van der Waals surface area contributed by atoms with E-state index in [1.807, 2.05) is 79.4 Å². The molecule has 15 nitrogen and oxygen atoms in total. The minimum atomic E-state index is -1.05. The number of piperidine rings is 1. The lowest BCUT2D eigenvalue weighted by atomic mass is 9.99. The minimum absolute atomic E-state index is 0.0171. The lowest BCUT2D eigenvalue weighted by Crippen LogP contribution is -2.62. The number of carboxylic acids is 1. The van der Waals surface area contributed by atoms with Gasteiger partial charge in [0.1, 0.15) is 30.5 Å². The number of nitrogens with one attached hydrogen (secondary N) is 4. The summed E-state index contributed by atoms with van der Waals surface area (Å²) in [6, 6.07) is 14.1. The smallest absolute Gasteiger partial charge is 0.320 e. The molecule has 4 amide bonds. The van der Waals surface area contributed by atoms with Crippen LogP contribution in [0.5, 0.6) is 0 Å². The van der Waals surface area contributed by atoms with E-state index in [0.29, 0.717) is 38.9 Å². The van der Waals surface area contributed by atoms with E-state index in [4.69, 9.17) is 17.2 Å². The lowest BCUT2D eigenvalue weighted by molar-refractivity contribution is -0.144. The van der Waals surface area contributed by atoms with Crippen LogP contribution in [0.25, 0.3) is 0 Å². The Morgan fingerprint density at radius 1 is 0.736 bits per heavy atom. The zero-order valence-electron chi connectivity index (χ0n) is 30.8. The predicted molar refractivity (Wildman–Crippen MR) is 201 cm³/mol. The van der Waals surface area contributed by atoms with E-state index in [1.165, 1.54) is 0 Å². The third kappa shape index (κ3) is 12.6. The van der Waals surface area contributed by atoms with Crippen molar-refractivity contribution < 1.29 is 29.1 Å². The molecule has 2 aliphatic heterocycles. The highest BCUT2D eigenvalue weighted by Crippen LogP contribution is 2.26. The fraction of sp³-hybridized carbons (Fsp3) is 0.553. The first-order valence-corrected chi connectivity index (χ1v) is 18.6. The number of rotatable bonds is 18. The molecule has 2 aliphatic rings. The largest absolute Gasteiger partial charge is 0.480 e. The topological polar surface area (TPSA) is 238 Å². The van der Waals surface area contributed by atoms with E-state index in [0.717, 1.165) is 17.5 Å². The molecule has 2 fully saturated rings. The van der Waals surface area contributed by atoms with Gasteiger partial charge >= 0.3 is 5.97 Å². The third-order valence-corrected chi connectivity index (χ3v) is 9.89. The number of benzene rings is 2. The molecule has 0 bridgehead atoms. The van der Waals surface area contributed by atoms with E-state index < -0.39 is 60.2 Å². The van der Waals surface area contributed by atoms with Crippen molar-refractivity contribution in [3.63, 3.8) is 0 Å². The second kappa shape index (κ2) is 20.2. The molecule has 53 heavy (non-hydrogen) atoms. The maximum atomic E-state index is 13.9. The first-order valence-electron chi connectivity index (χ1n) is 18.6. The zero-order chi connectivity index (χ0) is 38.5. The van der Waals surface area contributed by atoms with Gasteiger partial charge in [-0.2, -0.15) is 0 Å². The van der Waals surface area contributed by atoms with Crippen LogP contribution in [0.4, 0.5) is 0 Å². The predicted octanol–water partition coefficient (Wildman–Crippen LogP) is -0.370. The Kier molecular flexibility index (Phi) is 15.7. The fourth-order valence-electron chi connectivity index (χ4n) is 7.13. The summed E-state index contributed by atoms with van der Waals surface area (Å²) in [5.74, 6) is -2.81. The molecule has 0 radical (unpaired) electrons. The Bertz CT molecular complexity index is 1500. The van der Waals surface area contributed by atoms with E-state index in [2.05, 4.69) is 21.3 Å². The average Bonchev–Trinajstić information content (AvgIpc) is 3.64. The molecule has 2 aromatic rings. The van der Waals surface area contributed by atoms with Crippen LogP contribution in [0.1, 0.15) is 57.1 Å². The summed E-state index contributed by atoms with van der Waals surface area (Å²) in [6.07, 6.45) is 2.40. The summed E-state index contributed by atoms with van der Waals surface area (Å²) < 4.78 is 0. The normalized spacial score (nSPS) is 19.0. The Hall–Kier alpha value is -4.41. The maximum Gasteiger partial charge on any atom is 0.320 e. The van der Waals surface area contributed by atoms with Gasteiger partial charge in [0.2, 0.25) is 23.6 Å². The lowest BCUT2D eigenvalue weighted by Gasteiger charge is -2.39. The van der Waals surface area contributed by atoms with Gasteiger partial charge in [-0.15, -0.1) is 0 Å². The summed E-state index contributed by atoms with van der Waals surface area (Å²) in [5.41, 5.74) is 19.4. The highest BCUT2D eigenvalue weighted by molar-refractivity contribution is 5.95. The summed E-state index contributed by atoms with van der Waals surface area (Å²) in [5, 5.41) is 21.0. The molecule has 2 heterocycles. The minimum Gasteiger partial charge on any atom is -0.480 e. The SMILES string of the molecule is CC(C)C[C@@H](NC(=O)[C@@H](Cc1ccccc1)NC(=O)[C@H](N)Cc1ccccc1)C(=O)N[C@H](CNC(N)N)C(=O)N1CCC(N2CCC[C@H]2C(=O)O)CC1. The van der Waals surface area contributed by atoms with Crippen molar-refractivity contribution in [1.82, 2.24) is 31.1 Å². The van der Waals surface area contributed by atoms with Crippen molar-refractivity contribution in [3.8, 4) is 0 Å². The Morgan fingerprint density at radius 2 is 1.28 bits per heavy atom. The zero-order valence-corrected chi connectivity index (χ0v) is 30.8. The number of carbonyl (C=O) groups excluding carboxylic acids is 4. The van der Waals surface area contributed by atoms with Gasteiger partial charge in [-0.1, -0.05) is 74.5 Å². The molecular weight excluding hydrogens is 678 g/mol. The van der Waals surface area contributed by atoms with E-state index >= 15 is 0 Å². The quantitative estimate of drug-likeness (QED) is 0.0920. The van der Waals surface area contributed by atoms with Gasteiger partial charge in [0.05, 0.1) is 6.04 Å². The maximum absolute atomic E-state index is 13.9. The van der Waals surface area contributed by atoms with Crippen molar-refractivity contribution in [2.75, 3.05) is 26.2 Å². The second-order valence-electron chi connectivity index (χ2n) is 14.5. The average molecular weight is 736 g/mol. The standard InChI is InChI=1S/C38H57N9O6/c1-24(2)20-29(44-35(50)30(22-26-12-7-4-8-13-26)43-33(48)28(39)21-25-10-5-3-6-11-25)34(49)45-31(23-42-38(40)41)36(51)46-18-15-27(16-19-46)47-17-9-14-32(47)37(52)53/h3-8,10-13,24,27-32,38,42H,9,14-23,39-41H2,1-2H3,(H,43,48)(H,44,50)(H,45,49)(H,52,53)/t28-,29-,30-,31-,32+/m1/s1.